The number of thioether (sulfide) groups is 1. The van der Waals surface area contributed by atoms with E-state index < -0.39 is 0 Å². The molecule has 1 heterocycles. The Kier molecular flexibility index (Phi) is 7.77. The van der Waals surface area contributed by atoms with Gasteiger partial charge in [-0.15, -0.1) is 10.2 Å². The van der Waals surface area contributed by atoms with Crippen molar-refractivity contribution in [1.82, 2.24) is 20.2 Å². The lowest BCUT2D eigenvalue weighted by atomic mass is 10.1. The van der Waals surface area contributed by atoms with Gasteiger partial charge < -0.3 is 20.6 Å². The van der Waals surface area contributed by atoms with Gasteiger partial charge in [0.15, 0.2) is 5.82 Å². The molecule has 3 aromatic rings. The van der Waals surface area contributed by atoms with Gasteiger partial charge in [0.2, 0.25) is 11.1 Å². The third-order valence-corrected chi connectivity index (χ3v) is 5.48. The molecule has 9 heteroatoms. The molecule has 8 nitrogen and oxygen atoms in total. The van der Waals surface area contributed by atoms with Gasteiger partial charge in [0.25, 0.3) is 0 Å². The number of aromatic nitrogens is 3. The standard InChI is InChI=1S/C22H27N5O3S/c1-15-10-16(2)12-18(11-15)30-13-20-25-26-22(27(20)23)31-14-21(28)24-9-8-17-6-4-5-7-19(17)29-3/h4-7,10-12H,8-9,13-14,23H2,1-3H3,(H,24,28). The van der Waals surface area contributed by atoms with Crippen molar-refractivity contribution in [3.8, 4) is 11.5 Å². The maximum absolute atomic E-state index is 12.2. The Labute approximate surface area is 186 Å². The fourth-order valence-electron chi connectivity index (χ4n) is 3.10. The van der Waals surface area contributed by atoms with Crippen molar-refractivity contribution in [3.05, 3.63) is 65.0 Å². The molecule has 31 heavy (non-hydrogen) atoms. The summed E-state index contributed by atoms with van der Waals surface area (Å²) in [5.74, 6) is 8.22. The number of carbonyl (C=O) groups is 1. The number of nitrogens with two attached hydrogens (primary N) is 1. The number of rotatable bonds is 10. The molecule has 0 aliphatic heterocycles. The number of nitrogens with one attached hydrogen (secondary N) is 1. The molecule has 0 saturated carbocycles. The van der Waals surface area contributed by atoms with E-state index in [-0.39, 0.29) is 18.3 Å². The first-order valence-electron chi connectivity index (χ1n) is 9.88. The third-order valence-electron chi connectivity index (χ3n) is 4.54. The molecule has 0 saturated heterocycles. The largest absolute Gasteiger partial charge is 0.496 e. The van der Waals surface area contributed by atoms with Crippen LogP contribution in [0.3, 0.4) is 0 Å². The lowest BCUT2D eigenvalue weighted by molar-refractivity contribution is -0.118. The Morgan fingerprint density at radius 2 is 1.90 bits per heavy atom. The summed E-state index contributed by atoms with van der Waals surface area (Å²) in [5, 5.41) is 11.5. The van der Waals surface area contributed by atoms with Crippen molar-refractivity contribution in [3.63, 3.8) is 0 Å². The maximum Gasteiger partial charge on any atom is 0.230 e. The van der Waals surface area contributed by atoms with E-state index in [0.29, 0.717) is 23.9 Å². The first kappa shape index (κ1) is 22.5. The van der Waals surface area contributed by atoms with E-state index >= 15 is 0 Å². The number of amides is 1. The Bertz CT molecular complexity index is 1020. The summed E-state index contributed by atoms with van der Waals surface area (Å²) in [6.07, 6.45) is 0.688. The molecule has 0 fully saturated rings. The van der Waals surface area contributed by atoms with Gasteiger partial charge in [0.1, 0.15) is 18.1 Å². The van der Waals surface area contributed by atoms with Gasteiger partial charge in [0, 0.05) is 6.54 Å². The molecule has 0 atom stereocenters. The zero-order chi connectivity index (χ0) is 22.2. The van der Waals surface area contributed by atoms with Crippen LogP contribution in [-0.2, 0) is 17.8 Å². The summed E-state index contributed by atoms with van der Waals surface area (Å²) in [6.45, 7) is 4.74. The van der Waals surface area contributed by atoms with Crippen LogP contribution >= 0.6 is 11.8 Å². The quantitative estimate of drug-likeness (QED) is 0.368. The SMILES string of the molecule is COc1ccccc1CCNC(=O)CSc1nnc(COc2cc(C)cc(C)c2)n1N. The maximum atomic E-state index is 12.2. The molecular weight excluding hydrogens is 414 g/mol. The molecule has 1 aromatic heterocycles. The van der Waals surface area contributed by atoms with Gasteiger partial charge in [-0.25, -0.2) is 4.68 Å². The molecule has 0 bridgehead atoms. The van der Waals surface area contributed by atoms with E-state index in [1.807, 2.05) is 50.2 Å². The second-order valence-corrected chi connectivity index (χ2v) is 8.02. The van der Waals surface area contributed by atoms with Crippen LogP contribution in [0.25, 0.3) is 0 Å². The van der Waals surface area contributed by atoms with Gasteiger partial charge in [-0.05, 0) is 55.2 Å². The van der Waals surface area contributed by atoms with Crippen molar-refractivity contribution < 1.29 is 14.3 Å². The molecular formula is C22H27N5O3S. The van der Waals surface area contributed by atoms with Crippen LogP contribution in [0.5, 0.6) is 11.5 Å². The van der Waals surface area contributed by atoms with Crippen molar-refractivity contribution >= 4 is 17.7 Å². The molecule has 0 spiro atoms. The lowest BCUT2D eigenvalue weighted by Gasteiger charge is -2.09. The van der Waals surface area contributed by atoms with Crippen LogP contribution in [0.1, 0.15) is 22.5 Å². The number of methoxy groups -OCH3 is 1. The fraction of sp³-hybridized carbons (Fsp3) is 0.318. The van der Waals surface area contributed by atoms with E-state index in [0.717, 1.165) is 28.2 Å². The topological polar surface area (TPSA) is 104 Å². The van der Waals surface area contributed by atoms with Crippen LogP contribution in [-0.4, -0.2) is 40.2 Å². The molecule has 0 radical (unpaired) electrons. The molecule has 3 rings (SSSR count). The second-order valence-electron chi connectivity index (χ2n) is 7.08. The van der Waals surface area contributed by atoms with Crippen molar-refractivity contribution in [2.24, 2.45) is 0 Å². The van der Waals surface area contributed by atoms with Crippen LogP contribution < -0.4 is 20.6 Å². The number of ether oxygens (including phenoxy) is 2. The lowest BCUT2D eigenvalue weighted by Crippen LogP contribution is -2.27. The van der Waals surface area contributed by atoms with Gasteiger partial charge in [0.05, 0.1) is 12.9 Å². The van der Waals surface area contributed by atoms with Gasteiger partial charge in [-0.3, -0.25) is 4.79 Å². The summed E-state index contributed by atoms with van der Waals surface area (Å²) in [4.78, 5) is 12.2. The monoisotopic (exact) mass is 441 g/mol. The molecule has 0 unspecified atom stereocenters. The zero-order valence-electron chi connectivity index (χ0n) is 17.9. The molecule has 3 N–H and O–H groups in total. The second kappa shape index (κ2) is 10.7. The minimum atomic E-state index is -0.101. The number of nitrogens with zero attached hydrogens (tertiary/aromatic N) is 3. The van der Waals surface area contributed by atoms with E-state index in [2.05, 4.69) is 21.6 Å². The van der Waals surface area contributed by atoms with Crippen molar-refractivity contribution in [2.75, 3.05) is 25.3 Å². The summed E-state index contributed by atoms with van der Waals surface area (Å²) in [5.41, 5.74) is 3.29. The predicted molar refractivity (Wildman–Crippen MR) is 121 cm³/mol. The molecule has 0 aliphatic carbocycles. The van der Waals surface area contributed by atoms with Crippen LogP contribution in [0, 0.1) is 13.8 Å². The first-order chi connectivity index (χ1) is 15.0. The number of hydrogen-bond acceptors (Lipinski definition) is 7. The molecule has 0 aliphatic rings. The Morgan fingerprint density at radius 3 is 2.65 bits per heavy atom. The van der Waals surface area contributed by atoms with E-state index in [4.69, 9.17) is 15.3 Å². The highest BCUT2D eigenvalue weighted by molar-refractivity contribution is 7.99. The number of aryl methyl sites for hydroxylation is 2. The first-order valence-corrected chi connectivity index (χ1v) is 10.9. The third kappa shape index (κ3) is 6.39. The normalized spacial score (nSPS) is 10.7. The zero-order valence-corrected chi connectivity index (χ0v) is 18.7. The summed E-state index contributed by atoms with van der Waals surface area (Å²) < 4.78 is 12.5. The summed E-state index contributed by atoms with van der Waals surface area (Å²) in [6, 6.07) is 13.7. The Balaban J connectivity index is 1.45. The highest BCUT2D eigenvalue weighted by atomic mass is 32.2. The highest BCUT2D eigenvalue weighted by Crippen LogP contribution is 2.19. The van der Waals surface area contributed by atoms with Gasteiger partial charge in [-0.1, -0.05) is 36.0 Å². The van der Waals surface area contributed by atoms with Gasteiger partial charge in [-0.2, -0.15) is 0 Å². The predicted octanol–water partition coefficient (Wildman–Crippen LogP) is 2.65. The minimum Gasteiger partial charge on any atom is -0.496 e. The van der Waals surface area contributed by atoms with E-state index in [1.54, 1.807) is 7.11 Å². The fourth-order valence-corrected chi connectivity index (χ4v) is 3.80. The minimum absolute atomic E-state index is 0.101. The van der Waals surface area contributed by atoms with Crippen molar-refractivity contribution in [1.29, 1.82) is 0 Å². The number of carbonyl (C=O) groups excluding carboxylic acids is 1. The molecule has 1 amide bonds. The van der Waals surface area contributed by atoms with Gasteiger partial charge >= 0.3 is 0 Å². The summed E-state index contributed by atoms with van der Waals surface area (Å²) in [7, 11) is 1.64. The van der Waals surface area contributed by atoms with E-state index in [9.17, 15) is 4.79 Å². The molecule has 164 valence electrons. The molecule has 2 aromatic carbocycles. The number of hydrogen-bond donors (Lipinski definition) is 2. The van der Waals surface area contributed by atoms with E-state index in [1.165, 1.54) is 16.4 Å². The number of benzene rings is 2. The van der Waals surface area contributed by atoms with Crippen LogP contribution in [0.4, 0.5) is 0 Å². The summed E-state index contributed by atoms with van der Waals surface area (Å²) >= 11 is 1.23. The average Bonchev–Trinajstić information content (AvgIpc) is 3.10. The Morgan fingerprint density at radius 1 is 1.16 bits per heavy atom. The Hall–Kier alpha value is -3.20. The number of nitrogen functional groups attached to an aromatic ring is 1. The smallest absolute Gasteiger partial charge is 0.230 e. The average molecular weight is 442 g/mol. The number of para-hydroxylation sites is 1. The highest BCUT2D eigenvalue weighted by Gasteiger charge is 2.13. The van der Waals surface area contributed by atoms with Crippen LogP contribution in [0.15, 0.2) is 47.6 Å². The van der Waals surface area contributed by atoms with Crippen LogP contribution in [0.2, 0.25) is 0 Å². The van der Waals surface area contributed by atoms with Crippen molar-refractivity contribution in [2.45, 2.75) is 32.0 Å².